The fourth-order valence-electron chi connectivity index (χ4n) is 2.51. The number of aliphatic hydroxyl groups excluding tert-OH is 1. The molecule has 1 saturated heterocycles. The molecule has 0 radical (unpaired) electrons. The van der Waals surface area contributed by atoms with Gasteiger partial charge in [-0.1, -0.05) is 6.07 Å². The summed E-state index contributed by atoms with van der Waals surface area (Å²) < 4.78 is 10.8. The summed E-state index contributed by atoms with van der Waals surface area (Å²) in [6, 6.07) is 5.84. The van der Waals surface area contributed by atoms with Crippen LogP contribution in [0.3, 0.4) is 0 Å². The van der Waals surface area contributed by atoms with Gasteiger partial charge >= 0.3 is 0 Å². The number of aliphatic hydroxyl groups is 1. The number of rotatable bonds is 4. The largest absolute Gasteiger partial charge is 0.495 e. The van der Waals surface area contributed by atoms with E-state index in [1.807, 2.05) is 25.1 Å². The Morgan fingerprint density at radius 3 is 2.89 bits per heavy atom. The van der Waals surface area contributed by atoms with Gasteiger partial charge in [-0.15, -0.1) is 0 Å². The molecular formula is C14H22N2O3. The Kier molecular flexibility index (Phi) is 4.63. The van der Waals surface area contributed by atoms with Crippen LogP contribution < -0.4 is 10.5 Å². The van der Waals surface area contributed by atoms with Gasteiger partial charge in [0.05, 0.1) is 31.6 Å². The Morgan fingerprint density at radius 2 is 2.26 bits per heavy atom. The number of methoxy groups -OCH3 is 1. The summed E-state index contributed by atoms with van der Waals surface area (Å²) in [7, 11) is 1.61. The summed E-state index contributed by atoms with van der Waals surface area (Å²) >= 11 is 0. The standard InChI is InChI=1S/C14H22N2O3/c1-10-6-16(8-12(9-17)19-10)7-11-3-4-14(18-2)13(15)5-11/h3-5,10,12,17H,6-9,15H2,1-2H3. The molecule has 5 nitrogen and oxygen atoms in total. The number of nitrogens with zero attached hydrogens (tertiary/aromatic N) is 1. The number of morpholine rings is 1. The highest BCUT2D eigenvalue weighted by Crippen LogP contribution is 2.23. The van der Waals surface area contributed by atoms with E-state index in [1.54, 1.807) is 7.11 Å². The Bertz CT molecular complexity index is 425. The van der Waals surface area contributed by atoms with Crippen molar-refractivity contribution in [1.82, 2.24) is 4.90 Å². The second-order valence-electron chi connectivity index (χ2n) is 5.02. The van der Waals surface area contributed by atoms with Crippen molar-refractivity contribution in [2.24, 2.45) is 0 Å². The van der Waals surface area contributed by atoms with E-state index < -0.39 is 0 Å². The lowest BCUT2D eigenvalue weighted by Gasteiger charge is -2.36. The highest BCUT2D eigenvalue weighted by atomic mass is 16.5. The highest BCUT2D eigenvalue weighted by Gasteiger charge is 2.24. The van der Waals surface area contributed by atoms with E-state index >= 15 is 0 Å². The van der Waals surface area contributed by atoms with Crippen LogP contribution >= 0.6 is 0 Å². The Labute approximate surface area is 113 Å². The number of nitrogen functional groups attached to an aromatic ring is 1. The normalized spacial score (nSPS) is 24.4. The number of nitrogens with two attached hydrogens (primary N) is 1. The summed E-state index contributed by atoms with van der Waals surface area (Å²) in [5, 5.41) is 9.22. The number of hydrogen-bond donors (Lipinski definition) is 2. The first-order chi connectivity index (χ1) is 9.12. The lowest BCUT2D eigenvalue weighted by Crippen LogP contribution is -2.47. The van der Waals surface area contributed by atoms with Crippen molar-refractivity contribution in [2.45, 2.75) is 25.7 Å². The zero-order valence-electron chi connectivity index (χ0n) is 11.5. The van der Waals surface area contributed by atoms with Crippen LogP contribution in [0, 0.1) is 0 Å². The molecule has 1 aromatic rings. The summed E-state index contributed by atoms with van der Waals surface area (Å²) in [4.78, 5) is 2.27. The third-order valence-corrected chi connectivity index (χ3v) is 3.31. The highest BCUT2D eigenvalue weighted by molar-refractivity contribution is 5.54. The number of benzene rings is 1. The van der Waals surface area contributed by atoms with Crippen LogP contribution in [0.2, 0.25) is 0 Å². The number of anilines is 1. The summed E-state index contributed by atoms with van der Waals surface area (Å²) in [5.41, 5.74) is 7.71. The molecule has 0 aliphatic carbocycles. The molecule has 1 aliphatic heterocycles. The molecule has 19 heavy (non-hydrogen) atoms. The second kappa shape index (κ2) is 6.23. The van der Waals surface area contributed by atoms with Crippen molar-refractivity contribution < 1.29 is 14.6 Å². The van der Waals surface area contributed by atoms with Gasteiger partial charge in [0.2, 0.25) is 0 Å². The molecule has 0 bridgehead atoms. The van der Waals surface area contributed by atoms with Crippen LogP contribution in [0.1, 0.15) is 12.5 Å². The topological polar surface area (TPSA) is 68.0 Å². The quantitative estimate of drug-likeness (QED) is 0.791. The molecule has 2 atom stereocenters. The third-order valence-electron chi connectivity index (χ3n) is 3.31. The van der Waals surface area contributed by atoms with Crippen molar-refractivity contribution in [1.29, 1.82) is 0 Å². The molecule has 1 fully saturated rings. The molecule has 2 rings (SSSR count). The maximum atomic E-state index is 9.22. The minimum absolute atomic E-state index is 0.0611. The molecule has 1 heterocycles. The molecule has 1 aromatic carbocycles. The molecule has 0 amide bonds. The second-order valence-corrected chi connectivity index (χ2v) is 5.02. The third kappa shape index (κ3) is 3.59. The van der Waals surface area contributed by atoms with Gasteiger partial charge in [0.15, 0.2) is 0 Å². The minimum Gasteiger partial charge on any atom is -0.495 e. The summed E-state index contributed by atoms with van der Waals surface area (Å²) in [5.74, 6) is 0.701. The fourth-order valence-corrected chi connectivity index (χ4v) is 2.51. The predicted molar refractivity (Wildman–Crippen MR) is 74.1 cm³/mol. The zero-order valence-corrected chi connectivity index (χ0v) is 11.5. The Morgan fingerprint density at radius 1 is 1.47 bits per heavy atom. The van der Waals surface area contributed by atoms with Crippen LogP contribution in [0.15, 0.2) is 18.2 Å². The lowest BCUT2D eigenvalue weighted by molar-refractivity contribution is -0.0972. The van der Waals surface area contributed by atoms with Crippen LogP contribution in [-0.2, 0) is 11.3 Å². The van der Waals surface area contributed by atoms with Crippen molar-refractivity contribution >= 4 is 5.69 Å². The minimum atomic E-state index is -0.0978. The van der Waals surface area contributed by atoms with Gasteiger partial charge < -0.3 is 20.3 Å². The van der Waals surface area contributed by atoms with Crippen molar-refractivity contribution in [3.05, 3.63) is 23.8 Å². The molecule has 3 N–H and O–H groups in total. The molecule has 1 aliphatic rings. The molecule has 0 saturated carbocycles. The van der Waals surface area contributed by atoms with Gasteiger partial charge in [-0.05, 0) is 24.6 Å². The van der Waals surface area contributed by atoms with Crippen LogP contribution in [0.5, 0.6) is 5.75 Å². The van der Waals surface area contributed by atoms with E-state index in [2.05, 4.69) is 4.90 Å². The van der Waals surface area contributed by atoms with E-state index in [4.69, 9.17) is 15.2 Å². The van der Waals surface area contributed by atoms with E-state index in [1.165, 1.54) is 0 Å². The lowest BCUT2D eigenvalue weighted by atomic mass is 10.1. The van der Waals surface area contributed by atoms with Gasteiger partial charge in [0, 0.05) is 19.6 Å². The first-order valence-corrected chi connectivity index (χ1v) is 6.53. The number of hydrogen-bond acceptors (Lipinski definition) is 5. The predicted octanol–water partition coefficient (Wildman–Crippen LogP) is 0.859. The Hall–Kier alpha value is -1.30. The van der Waals surface area contributed by atoms with Gasteiger partial charge in [-0.25, -0.2) is 0 Å². The molecular weight excluding hydrogens is 244 g/mol. The van der Waals surface area contributed by atoms with Crippen molar-refractivity contribution in [3.63, 3.8) is 0 Å². The van der Waals surface area contributed by atoms with Crippen LogP contribution in [0.4, 0.5) is 5.69 Å². The molecule has 5 heteroatoms. The van der Waals surface area contributed by atoms with Gasteiger partial charge in [-0.3, -0.25) is 4.90 Å². The van der Waals surface area contributed by atoms with E-state index in [9.17, 15) is 5.11 Å². The van der Waals surface area contributed by atoms with Gasteiger partial charge in [-0.2, -0.15) is 0 Å². The summed E-state index contributed by atoms with van der Waals surface area (Å²) in [6.07, 6.45) is 0.0424. The summed E-state index contributed by atoms with van der Waals surface area (Å²) in [6.45, 7) is 4.50. The monoisotopic (exact) mass is 266 g/mol. The van der Waals surface area contributed by atoms with E-state index in [0.29, 0.717) is 11.4 Å². The maximum absolute atomic E-state index is 9.22. The maximum Gasteiger partial charge on any atom is 0.141 e. The van der Waals surface area contributed by atoms with Crippen LogP contribution in [0.25, 0.3) is 0 Å². The molecule has 0 aromatic heterocycles. The number of ether oxygens (including phenoxy) is 2. The van der Waals surface area contributed by atoms with Crippen molar-refractivity contribution in [3.8, 4) is 5.75 Å². The average molecular weight is 266 g/mol. The van der Waals surface area contributed by atoms with E-state index in [-0.39, 0.29) is 18.8 Å². The van der Waals surface area contributed by atoms with Crippen molar-refractivity contribution in [2.75, 3.05) is 32.5 Å². The van der Waals surface area contributed by atoms with E-state index in [0.717, 1.165) is 25.2 Å². The zero-order chi connectivity index (χ0) is 13.8. The SMILES string of the molecule is COc1ccc(CN2CC(C)OC(CO)C2)cc1N. The average Bonchev–Trinajstić information content (AvgIpc) is 2.38. The first kappa shape index (κ1) is 14.1. The molecule has 2 unspecified atom stereocenters. The molecule has 106 valence electrons. The van der Waals surface area contributed by atoms with Gasteiger partial charge in [0.25, 0.3) is 0 Å². The fraction of sp³-hybridized carbons (Fsp3) is 0.571. The first-order valence-electron chi connectivity index (χ1n) is 6.53. The molecule has 0 spiro atoms. The smallest absolute Gasteiger partial charge is 0.141 e. The van der Waals surface area contributed by atoms with Crippen LogP contribution in [-0.4, -0.2) is 49.0 Å². The Balaban J connectivity index is 2.02. The van der Waals surface area contributed by atoms with Gasteiger partial charge in [0.1, 0.15) is 5.75 Å².